The first-order valence-corrected chi connectivity index (χ1v) is 13.1. The van der Waals surface area contributed by atoms with Gasteiger partial charge in [-0.05, 0) is 35.7 Å². The summed E-state index contributed by atoms with van der Waals surface area (Å²) in [7, 11) is -2.01. The van der Waals surface area contributed by atoms with E-state index in [-0.39, 0.29) is 0 Å². The van der Waals surface area contributed by atoms with E-state index in [2.05, 4.69) is 5.10 Å². The SMILES string of the molecule is COc1cccc(C2=NN(S(C)(=O)=O)[C@H](c3cn(-c4ccccc4)nc3-c3ccsc3)C2)c1. The van der Waals surface area contributed by atoms with Crippen molar-refractivity contribution >= 4 is 27.1 Å². The standard InChI is InChI=1S/C24H22N4O3S2/c1-31-20-10-6-7-17(13-20)22-14-23(28(25-22)33(2,29)30)21-15-27(19-8-4-3-5-9-19)26-24(21)18-11-12-32-16-18/h3-13,15-16,23H,14H2,1-2H3/t23-/m0/s1. The van der Waals surface area contributed by atoms with Gasteiger partial charge in [0.1, 0.15) is 5.75 Å². The Morgan fingerprint density at radius 1 is 1.06 bits per heavy atom. The van der Waals surface area contributed by atoms with Gasteiger partial charge in [-0.25, -0.2) is 13.1 Å². The molecule has 0 unspecified atom stereocenters. The van der Waals surface area contributed by atoms with E-state index in [1.807, 2.05) is 77.6 Å². The second-order valence-corrected chi connectivity index (χ2v) is 10.4. The van der Waals surface area contributed by atoms with Crippen LogP contribution in [0.2, 0.25) is 0 Å². The van der Waals surface area contributed by atoms with Crippen LogP contribution >= 0.6 is 11.3 Å². The van der Waals surface area contributed by atoms with Gasteiger partial charge in [-0.15, -0.1) is 0 Å². The van der Waals surface area contributed by atoms with Crippen LogP contribution in [0.4, 0.5) is 0 Å². The van der Waals surface area contributed by atoms with Crippen LogP contribution in [0, 0.1) is 0 Å². The van der Waals surface area contributed by atoms with Gasteiger partial charge in [0.25, 0.3) is 0 Å². The normalized spacial score (nSPS) is 16.1. The van der Waals surface area contributed by atoms with Gasteiger partial charge in [-0.2, -0.15) is 26.0 Å². The van der Waals surface area contributed by atoms with Crippen LogP contribution in [0.1, 0.15) is 23.6 Å². The molecule has 0 saturated heterocycles. The summed E-state index contributed by atoms with van der Waals surface area (Å²) < 4.78 is 33.9. The van der Waals surface area contributed by atoms with E-state index in [0.29, 0.717) is 17.9 Å². The minimum Gasteiger partial charge on any atom is -0.497 e. The van der Waals surface area contributed by atoms with Crippen LogP contribution in [0.15, 0.2) is 82.7 Å². The lowest BCUT2D eigenvalue weighted by Crippen LogP contribution is -2.26. The lowest BCUT2D eigenvalue weighted by molar-refractivity contribution is 0.375. The van der Waals surface area contributed by atoms with Crippen molar-refractivity contribution in [3.63, 3.8) is 0 Å². The van der Waals surface area contributed by atoms with Gasteiger partial charge in [0.15, 0.2) is 0 Å². The number of hydrogen-bond acceptors (Lipinski definition) is 6. The van der Waals surface area contributed by atoms with Crippen LogP contribution in [0.5, 0.6) is 5.75 Å². The molecular weight excluding hydrogens is 456 g/mol. The fraction of sp³-hybridized carbons (Fsp3) is 0.167. The number of ether oxygens (including phenoxy) is 1. The summed E-state index contributed by atoms with van der Waals surface area (Å²) in [5.74, 6) is 0.695. The van der Waals surface area contributed by atoms with Gasteiger partial charge in [0, 0.05) is 34.7 Å². The van der Waals surface area contributed by atoms with Crippen molar-refractivity contribution in [1.29, 1.82) is 0 Å². The number of methoxy groups -OCH3 is 1. The third-order valence-corrected chi connectivity index (χ3v) is 7.23. The number of para-hydroxylation sites is 1. The molecular formula is C24H22N4O3S2. The van der Waals surface area contributed by atoms with Gasteiger partial charge in [0.2, 0.25) is 10.0 Å². The van der Waals surface area contributed by atoms with Gasteiger partial charge in [-0.3, -0.25) is 0 Å². The minimum absolute atomic E-state index is 0.428. The number of hydrogen-bond donors (Lipinski definition) is 0. The summed E-state index contributed by atoms with van der Waals surface area (Å²) in [6, 6.07) is 18.8. The zero-order valence-electron chi connectivity index (χ0n) is 18.1. The average molecular weight is 479 g/mol. The van der Waals surface area contributed by atoms with Crippen molar-refractivity contribution in [3.8, 4) is 22.7 Å². The maximum Gasteiger partial charge on any atom is 0.247 e. The van der Waals surface area contributed by atoms with Crippen molar-refractivity contribution in [2.24, 2.45) is 5.10 Å². The molecule has 0 saturated carbocycles. The second-order valence-electron chi connectivity index (χ2n) is 7.76. The maximum absolute atomic E-state index is 12.8. The number of thiophene rings is 1. The summed E-state index contributed by atoms with van der Waals surface area (Å²) in [6.45, 7) is 0. The average Bonchev–Trinajstić information content (AvgIpc) is 3.58. The Balaban J connectivity index is 1.62. The number of rotatable bonds is 6. The summed E-state index contributed by atoms with van der Waals surface area (Å²) >= 11 is 1.57. The van der Waals surface area contributed by atoms with Gasteiger partial charge < -0.3 is 4.74 Å². The molecule has 4 aromatic rings. The van der Waals surface area contributed by atoms with Crippen LogP contribution in [-0.4, -0.2) is 41.7 Å². The van der Waals surface area contributed by atoms with Crippen molar-refractivity contribution in [2.45, 2.75) is 12.5 Å². The first kappa shape index (κ1) is 21.4. The van der Waals surface area contributed by atoms with Crippen molar-refractivity contribution in [1.82, 2.24) is 14.2 Å². The number of nitrogens with zero attached hydrogens (tertiary/aromatic N) is 4. The molecule has 0 bridgehead atoms. The van der Waals surface area contributed by atoms with Crippen molar-refractivity contribution < 1.29 is 13.2 Å². The van der Waals surface area contributed by atoms with E-state index in [9.17, 15) is 8.42 Å². The monoisotopic (exact) mass is 478 g/mol. The lowest BCUT2D eigenvalue weighted by atomic mass is 9.98. The molecule has 0 fully saturated rings. The highest BCUT2D eigenvalue weighted by atomic mass is 32.2. The number of aromatic nitrogens is 2. The number of sulfonamides is 1. The Bertz CT molecular complexity index is 1410. The first-order chi connectivity index (χ1) is 15.9. The number of hydrazone groups is 1. The Morgan fingerprint density at radius 2 is 1.88 bits per heavy atom. The van der Waals surface area contributed by atoms with Crippen LogP contribution in [-0.2, 0) is 10.0 Å². The lowest BCUT2D eigenvalue weighted by Gasteiger charge is -2.21. The maximum atomic E-state index is 12.8. The summed E-state index contributed by atoms with van der Waals surface area (Å²) in [4.78, 5) is 0. The molecule has 0 radical (unpaired) electrons. The van der Waals surface area contributed by atoms with E-state index in [0.717, 1.165) is 28.1 Å². The topological polar surface area (TPSA) is 76.8 Å². The quantitative estimate of drug-likeness (QED) is 0.402. The molecule has 1 aliphatic heterocycles. The van der Waals surface area contributed by atoms with Gasteiger partial charge in [0.05, 0.1) is 36.5 Å². The Hall–Kier alpha value is -3.43. The molecule has 0 aliphatic carbocycles. The largest absolute Gasteiger partial charge is 0.497 e. The molecule has 7 nitrogen and oxygen atoms in total. The van der Waals surface area contributed by atoms with Crippen LogP contribution in [0.25, 0.3) is 16.9 Å². The molecule has 1 aliphatic rings. The van der Waals surface area contributed by atoms with Gasteiger partial charge >= 0.3 is 0 Å². The molecule has 9 heteroatoms. The second kappa shape index (κ2) is 8.49. The molecule has 2 aromatic heterocycles. The molecule has 1 atom stereocenters. The highest BCUT2D eigenvalue weighted by Gasteiger charge is 2.37. The van der Waals surface area contributed by atoms with E-state index in [1.54, 1.807) is 23.1 Å². The van der Waals surface area contributed by atoms with Crippen LogP contribution < -0.4 is 4.74 Å². The smallest absolute Gasteiger partial charge is 0.247 e. The Labute approximate surface area is 196 Å². The Kier molecular flexibility index (Phi) is 5.51. The zero-order valence-corrected chi connectivity index (χ0v) is 19.8. The molecule has 3 heterocycles. The fourth-order valence-corrected chi connectivity index (χ4v) is 5.51. The van der Waals surface area contributed by atoms with Crippen LogP contribution in [0.3, 0.4) is 0 Å². The minimum atomic E-state index is -3.62. The molecule has 0 amide bonds. The molecule has 0 N–H and O–H groups in total. The predicted octanol–water partition coefficient (Wildman–Crippen LogP) is 4.72. The third kappa shape index (κ3) is 4.17. The van der Waals surface area contributed by atoms with Crippen molar-refractivity contribution in [3.05, 3.63) is 88.7 Å². The van der Waals surface area contributed by atoms with E-state index >= 15 is 0 Å². The summed E-state index contributed by atoms with van der Waals surface area (Å²) in [5.41, 5.74) is 4.93. The number of benzene rings is 2. The molecule has 168 valence electrons. The molecule has 33 heavy (non-hydrogen) atoms. The van der Waals surface area contributed by atoms with E-state index in [4.69, 9.17) is 9.84 Å². The van der Waals surface area contributed by atoms with E-state index in [1.165, 1.54) is 10.7 Å². The van der Waals surface area contributed by atoms with Crippen molar-refractivity contribution in [2.75, 3.05) is 13.4 Å². The first-order valence-electron chi connectivity index (χ1n) is 10.3. The highest BCUT2D eigenvalue weighted by molar-refractivity contribution is 7.88. The predicted molar refractivity (Wildman–Crippen MR) is 130 cm³/mol. The third-order valence-electron chi connectivity index (χ3n) is 5.53. The molecule has 2 aromatic carbocycles. The summed E-state index contributed by atoms with van der Waals surface area (Å²) in [6.07, 6.45) is 3.52. The molecule has 5 rings (SSSR count). The highest BCUT2D eigenvalue weighted by Crippen LogP contribution is 2.40. The fourth-order valence-electron chi connectivity index (χ4n) is 3.97. The van der Waals surface area contributed by atoms with E-state index < -0.39 is 16.1 Å². The summed E-state index contributed by atoms with van der Waals surface area (Å²) in [5, 5.41) is 13.4. The zero-order chi connectivity index (χ0) is 23.0. The Morgan fingerprint density at radius 3 is 2.58 bits per heavy atom. The van der Waals surface area contributed by atoms with Gasteiger partial charge in [-0.1, -0.05) is 30.3 Å². The molecule has 0 spiro atoms.